The molecule has 1 aliphatic heterocycles. The number of benzene rings is 2. The van der Waals surface area contributed by atoms with Crippen molar-refractivity contribution in [2.45, 2.75) is 19.9 Å². The van der Waals surface area contributed by atoms with Gasteiger partial charge in [0, 0.05) is 0 Å². The minimum Gasteiger partial charge on any atom is -0.486 e. The molecular weight excluding hydrogens is 318 g/mol. The third kappa shape index (κ3) is 4.44. The van der Waals surface area contributed by atoms with E-state index in [1.807, 2.05) is 48.5 Å². The number of ether oxygens (including phenoxy) is 3. The van der Waals surface area contributed by atoms with Crippen molar-refractivity contribution in [2.24, 2.45) is 5.92 Å². The first-order chi connectivity index (χ1) is 12.1. The summed E-state index contributed by atoms with van der Waals surface area (Å²) in [5.41, 5.74) is 0.993. The van der Waals surface area contributed by atoms with Gasteiger partial charge in [0.05, 0.1) is 6.04 Å². The maximum Gasteiger partial charge on any atom is 0.258 e. The molecule has 1 amide bonds. The van der Waals surface area contributed by atoms with Crippen molar-refractivity contribution in [3.63, 3.8) is 0 Å². The highest BCUT2D eigenvalue weighted by Gasteiger charge is 2.21. The van der Waals surface area contributed by atoms with Gasteiger partial charge in [-0.05, 0) is 35.7 Å². The van der Waals surface area contributed by atoms with E-state index >= 15 is 0 Å². The number of hydrogen-bond donors (Lipinski definition) is 1. The summed E-state index contributed by atoms with van der Waals surface area (Å²) < 4.78 is 16.7. The molecule has 0 radical (unpaired) electrons. The van der Waals surface area contributed by atoms with Crippen LogP contribution in [0.2, 0.25) is 0 Å². The fraction of sp³-hybridized carbons (Fsp3) is 0.350. The SMILES string of the molecule is CC(C)[C@@H](NC(=O)COc1ccccc1)c1ccc2c(c1)OCCO2. The Labute approximate surface area is 147 Å². The van der Waals surface area contributed by atoms with E-state index in [1.165, 1.54) is 0 Å². The van der Waals surface area contributed by atoms with Crippen LogP contribution in [0.5, 0.6) is 17.2 Å². The van der Waals surface area contributed by atoms with Crippen LogP contribution in [-0.4, -0.2) is 25.7 Å². The van der Waals surface area contributed by atoms with Gasteiger partial charge in [-0.3, -0.25) is 4.79 Å². The predicted molar refractivity (Wildman–Crippen MR) is 95.1 cm³/mol. The lowest BCUT2D eigenvalue weighted by Gasteiger charge is -2.25. The van der Waals surface area contributed by atoms with Gasteiger partial charge in [-0.25, -0.2) is 0 Å². The van der Waals surface area contributed by atoms with Crippen LogP contribution in [0, 0.1) is 5.92 Å². The van der Waals surface area contributed by atoms with Crippen molar-refractivity contribution in [1.29, 1.82) is 0 Å². The molecule has 0 bridgehead atoms. The van der Waals surface area contributed by atoms with Gasteiger partial charge in [0.2, 0.25) is 0 Å². The number of carbonyl (C=O) groups excluding carboxylic acids is 1. The molecule has 2 aromatic rings. The molecule has 0 saturated heterocycles. The summed E-state index contributed by atoms with van der Waals surface area (Å²) in [6.07, 6.45) is 0. The van der Waals surface area contributed by atoms with Crippen molar-refractivity contribution in [2.75, 3.05) is 19.8 Å². The Morgan fingerprint density at radius 2 is 1.80 bits per heavy atom. The van der Waals surface area contributed by atoms with Crippen molar-refractivity contribution in [1.82, 2.24) is 5.32 Å². The molecule has 0 aromatic heterocycles. The fourth-order valence-electron chi connectivity index (χ4n) is 2.77. The van der Waals surface area contributed by atoms with Crippen molar-refractivity contribution < 1.29 is 19.0 Å². The Hall–Kier alpha value is -2.69. The van der Waals surface area contributed by atoms with Crippen LogP contribution < -0.4 is 19.5 Å². The van der Waals surface area contributed by atoms with Crippen LogP contribution in [-0.2, 0) is 4.79 Å². The highest BCUT2D eigenvalue weighted by Crippen LogP contribution is 2.34. The Morgan fingerprint density at radius 3 is 2.52 bits per heavy atom. The topological polar surface area (TPSA) is 56.8 Å². The Bertz CT molecular complexity index is 715. The maximum atomic E-state index is 12.3. The number of hydrogen-bond acceptors (Lipinski definition) is 4. The van der Waals surface area contributed by atoms with Crippen LogP contribution >= 0.6 is 0 Å². The molecule has 0 spiro atoms. The second-order valence-electron chi connectivity index (χ2n) is 6.29. The molecule has 5 nitrogen and oxygen atoms in total. The fourth-order valence-corrected chi connectivity index (χ4v) is 2.77. The molecule has 0 saturated carbocycles. The van der Waals surface area contributed by atoms with Crippen LogP contribution in [0.25, 0.3) is 0 Å². The molecule has 5 heteroatoms. The molecular formula is C20H23NO4. The van der Waals surface area contributed by atoms with Crippen LogP contribution in [0.15, 0.2) is 48.5 Å². The number of fused-ring (bicyclic) bond motifs is 1. The summed E-state index contributed by atoms with van der Waals surface area (Å²) in [4.78, 5) is 12.3. The molecule has 1 aliphatic rings. The predicted octanol–water partition coefficient (Wildman–Crippen LogP) is 3.35. The number of nitrogens with one attached hydrogen (secondary N) is 1. The number of para-hydroxylation sites is 1. The zero-order valence-corrected chi connectivity index (χ0v) is 14.5. The number of carbonyl (C=O) groups is 1. The molecule has 0 aliphatic carbocycles. The number of rotatable bonds is 6. The summed E-state index contributed by atoms with van der Waals surface area (Å²) in [6, 6.07) is 15.0. The van der Waals surface area contributed by atoms with Crippen molar-refractivity contribution in [3.05, 3.63) is 54.1 Å². The van der Waals surface area contributed by atoms with E-state index in [2.05, 4.69) is 19.2 Å². The van der Waals surface area contributed by atoms with E-state index < -0.39 is 0 Å². The Balaban J connectivity index is 1.65. The lowest BCUT2D eigenvalue weighted by Crippen LogP contribution is -2.35. The number of amides is 1. The molecule has 2 aromatic carbocycles. The Kier molecular flexibility index (Phi) is 5.43. The van der Waals surface area contributed by atoms with Gasteiger partial charge in [-0.2, -0.15) is 0 Å². The molecule has 1 N–H and O–H groups in total. The summed E-state index contributed by atoms with van der Waals surface area (Å²) in [5, 5.41) is 3.05. The van der Waals surface area contributed by atoms with Gasteiger partial charge in [0.1, 0.15) is 19.0 Å². The molecule has 25 heavy (non-hydrogen) atoms. The second kappa shape index (κ2) is 7.92. The molecule has 132 valence electrons. The van der Waals surface area contributed by atoms with Crippen LogP contribution in [0.1, 0.15) is 25.5 Å². The third-order valence-electron chi connectivity index (χ3n) is 4.02. The van der Waals surface area contributed by atoms with Gasteiger partial charge < -0.3 is 19.5 Å². The van der Waals surface area contributed by atoms with Gasteiger partial charge in [-0.15, -0.1) is 0 Å². The highest BCUT2D eigenvalue weighted by atomic mass is 16.6. The van der Waals surface area contributed by atoms with E-state index in [0.29, 0.717) is 19.0 Å². The molecule has 1 heterocycles. The lowest BCUT2D eigenvalue weighted by atomic mass is 9.95. The first kappa shape index (κ1) is 17.1. The molecule has 1 atom stereocenters. The third-order valence-corrected chi connectivity index (χ3v) is 4.02. The first-order valence-corrected chi connectivity index (χ1v) is 8.50. The molecule has 3 rings (SSSR count). The lowest BCUT2D eigenvalue weighted by molar-refractivity contribution is -0.124. The summed E-state index contributed by atoms with van der Waals surface area (Å²) in [7, 11) is 0. The smallest absolute Gasteiger partial charge is 0.258 e. The standard InChI is InChI=1S/C20H23NO4/c1-14(2)20(15-8-9-17-18(12-15)24-11-10-23-17)21-19(22)13-25-16-6-4-3-5-7-16/h3-9,12,14,20H,10-11,13H2,1-2H3,(H,21,22)/t20-/m1/s1. The average Bonchev–Trinajstić information content (AvgIpc) is 2.64. The zero-order valence-electron chi connectivity index (χ0n) is 14.5. The maximum absolute atomic E-state index is 12.3. The normalized spacial score (nSPS) is 14.0. The summed E-state index contributed by atoms with van der Waals surface area (Å²) >= 11 is 0. The van der Waals surface area contributed by atoms with Crippen molar-refractivity contribution in [3.8, 4) is 17.2 Å². The van der Waals surface area contributed by atoms with Crippen molar-refractivity contribution >= 4 is 5.91 Å². The minimum absolute atomic E-state index is 0.0161. The molecule has 0 unspecified atom stereocenters. The quantitative estimate of drug-likeness (QED) is 0.875. The summed E-state index contributed by atoms with van der Waals surface area (Å²) in [6.45, 7) is 5.23. The second-order valence-corrected chi connectivity index (χ2v) is 6.29. The van der Waals surface area contributed by atoms with E-state index in [9.17, 15) is 4.79 Å². The van der Waals surface area contributed by atoms with Gasteiger partial charge in [-0.1, -0.05) is 38.1 Å². The van der Waals surface area contributed by atoms with E-state index in [-0.39, 0.29) is 24.5 Å². The summed E-state index contributed by atoms with van der Waals surface area (Å²) in [5.74, 6) is 2.22. The molecule has 0 fully saturated rings. The van der Waals surface area contributed by atoms with E-state index in [0.717, 1.165) is 17.1 Å². The van der Waals surface area contributed by atoms with Crippen LogP contribution in [0.3, 0.4) is 0 Å². The van der Waals surface area contributed by atoms with Gasteiger partial charge in [0.25, 0.3) is 5.91 Å². The monoisotopic (exact) mass is 341 g/mol. The van der Waals surface area contributed by atoms with Crippen LogP contribution in [0.4, 0.5) is 0 Å². The van der Waals surface area contributed by atoms with Gasteiger partial charge >= 0.3 is 0 Å². The minimum atomic E-state index is -0.155. The highest BCUT2D eigenvalue weighted by molar-refractivity contribution is 5.78. The van der Waals surface area contributed by atoms with Gasteiger partial charge in [0.15, 0.2) is 18.1 Å². The Morgan fingerprint density at radius 1 is 1.08 bits per heavy atom. The van der Waals surface area contributed by atoms with E-state index in [1.54, 1.807) is 0 Å². The largest absolute Gasteiger partial charge is 0.486 e. The average molecular weight is 341 g/mol. The first-order valence-electron chi connectivity index (χ1n) is 8.50. The van der Waals surface area contributed by atoms with E-state index in [4.69, 9.17) is 14.2 Å². The zero-order chi connectivity index (χ0) is 17.6.